The number of ether oxygens (including phenoxy) is 1. The Kier molecular flexibility index (Phi) is 5.90. The Labute approximate surface area is 129 Å². The molecule has 0 spiro atoms. The van der Waals surface area contributed by atoms with Gasteiger partial charge < -0.3 is 9.64 Å². The van der Waals surface area contributed by atoms with Gasteiger partial charge in [0.2, 0.25) is 0 Å². The van der Waals surface area contributed by atoms with E-state index in [1.165, 1.54) is 11.3 Å². The molecule has 0 amide bonds. The van der Waals surface area contributed by atoms with Gasteiger partial charge in [0.1, 0.15) is 0 Å². The minimum absolute atomic E-state index is 0.668. The van der Waals surface area contributed by atoms with Gasteiger partial charge in [0.25, 0.3) is 0 Å². The molecule has 0 bridgehead atoms. The standard InChI is InChI=1S/C16H20N2O2S/c1-3-18(10-11-20-4-2)16-17-15(14(12-19)21-16)13-8-6-5-7-9-13/h5-9,12H,3-4,10-11H2,1-2H3. The summed E-state index contributed by atoms with van der Waals surface area (Å²) in [4.78, 5) is 18.8. The molecule has 0 N–H and O–H groups in total. The number of thiazole rings is 1. The van der Waals surface area contributed by atoms with Gasteiger partial charge in [-0.25, -0.2) is 4.98 Å². The average Bonchev–Trinajstić information content (AvgIpc) is 2.96. The minimum atomic E-state index is 0.668. The predicted molar refractivity (Wildman–Crippen MR) is 87.3 cm³/mol. The number of hydrogen-bond acceptors (Lipinski definition) is 5. The summed E-state index contributed by atoms with van der Waals surface area (Å²) in [6, 6.07) is 9.81. The maximum Gasteiger partial charge on any atom is 0.186 e. The van der Waals surface area contributed by atoms with Crippen LogP contribution >= 0.6 is 11.3 Å². The van der Waals surface area contributed by atoms with Crippen LogP contribution < -0.4 is 4.90 Å². The van der Waals surface area contributed by atoms with Crippen LogP contribution in [0.3, 0.4) is 0 Å². The summed E-state index contributed by atoms with van der Waals surface area (Å²) >= 11 is 1.44. The first-order chi connectivity index (χ1) is 10.3. The van der Waals surface area contributed by atoms with E-state index in [2.05, 4.69) is 16.8 Å². The van der Waals surface area contributed by atoms with Gasteiger partial charge in [-0.15, -0.1) is 0 Å². The molecule has 2 rings (SSSR count). The summed E-state index contributed by atoms with van der Waals surface area (Å²) in [5, 5.41) is 0.873. The summed E-state index contributed by atoms with van der Waals surface area (Å²) in [6.07, 6.45) is 0.889. The number of likely N-dealkylation sites (N-methyl/N-ethyl adjacent to an activating group) is 1. The maximum absolute atomic E-state index is 11.3. The molecule has 0 saturated heterocycles. The summed E-state index contributed by atoms with van der Waals surface area (Å²) in [6.45, 7) is 7.07. The molecule has 0 unspecified atom stereocenters. The molecule has 4 nitrogen and oxygen atoms in total. The molecule has 0 radical (unpaired) electrons. The van der Waals surface area contributed by atoms with Crippen molar-refractivity contribution >= 4 is 22.8 Å². The van der Waals surface area contributed by atoms with Crippen LogP contribution in [0.5, 0.6) is 0 Å². The van der Waals surface area contributed by atoms with Crippen molar-refractivity contribution in [1.29, 1.82) is 0 Å². The fourth-order valence-electron chi connectivity index (χ4n) is 2.05. The van der Waals surface area contributed by atoms with Crippen LogP contribution in [0, 0.1) is 0 Å². The third kappa shape index (κ3) is 3.89. The smallest absolute Gasteiger partial charge is 0.186 e. The molecule has 0 aliphatic rings. The van der Waals surface area contributed by atoms with E-state index >= 15 is 0 Å². The van der Waals surface area contributed by atoms with Gasteiger partial charge in [0, 0.05) is 25.3 Å². The molecule has 0 atom stereocenters. The molecule has 0 aliphatic heterocycles. The number of benzene rings is 1. The Morgan fingerprint density at radius 1 is 1.29 bits per heavy atom. The van der Waals surface area contributed by atoms with Crippen molar-refractivity contribution in [1.82, 2.24) is 4.98 Å². The second-order valence-corrected chi connectivity index (χ2v) is 5.48. The minimum Gasteiger partial charge on any atom is -0.380 e. The van der Waals surface area contributed by atoms with E-state index in [4.69, 9.17) is 4.74 Å². The number of anilines is 1. The molecule has 1 heterocycles. The monoisotopic (exact) mass is 304 g/mol. The van der Waals surface area contributed by atoms with E-state index in [0.717, 1.165) is 35.8 Å². The SMILES string of the molecule is CCOCCN(CC)c1nc(-c2ccccc2)c(C=O)s1. The van der Waals surface area contributed by atoms with Crippen LogP contribution in [-0.2, 0) is 4.74 Å². The lowest BCUT2D eigenvalue weighted by Gasteiger charge is -2.19. The molecule has 1 aromatic carbocycles. The fourth-order valence-corrected chi connectivity index (χ4v) is 3.04. The molecular formula is C16H20N2O2S. The molecule has 0 aliphatic carbocycles. The first-order valence-corrected chi connectivity index (χ1v) is 7.95. The number of hydrogen-bond donors (Lipinski definition) is 0. The number of carbonyl (C=O) groups is 1. The van der Waals surface area contributed by atoms with Crippen molar-refractivity contribution < 1.29 is 9.53 Å². The molecule has 21 heavy (non-hydrogen) atoms. The van der Waals surface area contributed by atoms with E-state index in [-0.39, 0.29) is 0 Å². The van der Waals surface area contributed by atoms with Crippen LogP contribution in [0.1, 0.15) is 23.5 Å². The number of rotatable bonds is 8. The lowest BCUT2D eigenvalue weighted by Crippen LogP contribution is -2.26. The van der Waals surface area contributed by atoms with Gasteiger partial charge in [0.15, 0.2) is 11.4 Å². The van der Waals surface area contributed by atoms with Crippen molar-refractivity contribution in [2.45, 2.75) is 13.8 Å². The molecule has 0 saturated carbocycles. The number of nitrogens with zero attached hydrogens (tertiary/aromatic N) is 2. The summed E-state index contributed by atoms with van der Waals surface area (Å²) in [7, 11) is 0. The molecule has 0 fully saturated rings. The van der Waals surface area contributed by atoms with Crippen molar-refractivity contribution in [3.63, 3.8) is 0 Å². The summed E-state index contributed by atoms with van der Waals surface area (Å²) in [5.41, 5.74) is 1.74. The Hall–Kier alpha value is -1.72. The largest absolute Gasteiger partial charge is 0.380 e. The zero-order chi connectivity index (χ0) is 15.1. The van der Waals surface area contributed by atoms with Crippen molar-refractivity contribution in [3.8, 4) is 11.3 Å². The first kappa shape index (κ1) is 15.7. The van der Waals surface area contributed by atoms with Crippen LogP contribution in [0.15, 0.2) is 30.3 Å². The third-order valence-corrected chi connectivity index (χ3v) is 4.20. The Bertz CT molecular complexity index is 569. The lowest BCUT2D eigenvalue weighted by molar-refractivity contribution is 0.112. The molecular weight excluding hydrogens is 284 g/mol. The van der Waals surface area contributed by atoms with E-state index in [1.807, 2.05) is 37.3 Å². The second-order valence-electron chi connectivity index (χ2n) is 4.47. The molecule has 112 valence electrons. The highest BCUT2D eigenvalue weighted by molar-refractivity contribution is 7.17. The Morgan fingerprint density at radius 3 is 2.67 bits per heavy atom. The average molecular weight is 304 g/mol. The van der Waals surface area contributed by atoms with Gasteiger partial charge in [-0.1, -0.05) is 41.7 Å². The first-order valence-electron chi connectivity index (χ1n) is 7.14. The van der Waals surface area contributed by atoms with Crippen molar-refractivity contribution in [3.05, 3.63) is 35.2 Å². The Balaban J connectivity index is 2.25. The Morgan fingerprint density at radius 2 is 2.05 bits per heavy atom. The number of aromatic nitrogens is 1. The van der Waals surface area contributed by atoms with Crippen LogP contribution in [-0.4, -0.2) is 37.6 Å². The highest BCUT2D eigenvalue weighted by atomic mass is 32.1. The lowest BCUT2D eigenvalue weighted by atomic mass is 10.1. The molecule has 5 heteroatoms. The van der Waals surface area contributed by atoms with Crippen LogP contribution in [0.25, 0.3) is 11.3 Å². The number of aldehydes is 1. The van der Waals surface area contributed by atoms with E-state index in [0.29, 0.717) is 18.1 Å². The predicted octanol–water partition coefficient (Wildman–Crippen LogP) is 3.49. The second kappa shape index (κ2) is 7.90. The van der Waals surface area contributed by atoms with Crippen LogP contribution in [0.2, 0.25) is 0 Å². The summed E-state index contributed by atoms with van der Waals surface area (Å²) in [5.74, 6) is 0. The van der Waals surface area contributed by atoms with Gasteiger partial charge in [-0.2, -0.15) is 0 Å². The van der Waals surface area contributed by atoms with Crippen LogP contribution in [0.4, 0.5) is 5.13 Å². The van der Waals surface area contributed by atoms with Gasteiger partial charge in [-0.05, 0) is 13.8 Å². The fraction of sp³-hybridized carbons (Fsp3) is 0.375. The van der Waals surface area contributed by atoms with Crippen molar-refractivity contribution in [2.75, 3.05) is 31.2 Å². The molecule has 2 aromatic rings. The third-order valence-electron chi connectivity index (χ3n) is 3.16. The molecule has 1 aromatic heterocycles. The quantitative estimate of drug-likeness (QED) is 0.553. The van der Waals surface area contributed by atoms with Crippen molar-refractivity contribution in [2.24, 2.45) is 0 Å². The van der Waals surface area contributed by atoms with E-state index in [9.17, 15) is 4.79 Å². The van der Waals surface area contributed by atoms with Gasteiger partial charge in [0.05, 0.1) is 17.2 Å². The normalized spacial score (nSPS) is 10.6. The zero-order valence-electron chi connectivity index (χ0n) is 12.4. The maximum atomic E-state index is 11.3. The van der Waals surface area contributed by atoms with E-state index in [1.54, 1.807) is 0 Å². The van der Waals surface area contributed by atoms with Gasteiger partial charge >= 0.3 is 0 Å². The highest BCUT2D eigenvalue weighted by Crippen LogP contribution is 2.31. The summed E-state index contributed by atoms with van der Waals surface area (Å²) < 4.78 is 5.40. The van der Waals surface area contributed by atoms with E-state index < -0.39 is 0 Å². The number of carbonyl (C=O) groups excluding carboxylic acids is 1. The topological polar surface area (TPSA) is 42.4 Å². The van der Waals surface area contributed by atoms with Gasteiger partial charge in [-0.3, -0.25) is 4.79 Å². The highest BCUT2D eigenvalue weighted by Gasteiger charge is 2.16. The zero-order valence-corrected chi connectivity index (χ0v) is 13.2.